The van der Waals surface area contributed by atoms with Crippen molar-refractivity contribution >= 4 is 23.7 Å². The first-order valence-corrected chi connectivity index (χ1v) is 15.1. The molecule has 0 amide bonds. The van der Waals surface area contributed by atoms with E-state index in [0.717, 1.165) is 34.3 Å². The van der Waals surface area contributed by atoms with Crippen LogP contribution in [0.1, 0.15) is 57.9 Å². The molecule has 4 aliphatic carbocycles. The van der Waals surface area contributed by atoms with Crippen molar-refractivity contribution in [3.8, 4) is 16.9 Å². The molecule has 0 saturated heterocycles. The molecule has 4 saturated carbocycles. The Kier molecular flexibility index (Phi) is 6.27. The SMILES string of the molecule is CCOP(=O)(OCC)c1ccc2cc(-c3ccc(OC)c(C45CC6CC(CC(C6)C4)C5)c3)ccc2c1. The highest BCUT2D eigenvalue weighted by molar-refractivity contribution is 7.62. The summed E-state index contributed by atoms with van der Waals surface area (Å²) in [4.78, 5) is 0. The van der Waals surface area contributed by atoms with Crippen molar-refractivity contribution in [1.82, 2.24) is 0 Å². The van der Waals surface area contributed by atoms with E-state index in [0.29, 0.717) is 18.5 Å². The van der Waals surface area contributed by atoms with Gasteiger partial charge in [-0.25, -0.2) is 0 Å². The lowest BCUT2D eigenvalue weighted by Crippen LogP contribution is -2.48. The van der Waals surface area contributed by atoms with Gasteiger partial charge in [-0.15, -0.1) is 0 Å². The molecule has 3 aromatic rings. The van der Waals surface area contributed by atoms with Crippen LogP contribution in [-0.2, 0) is 19.0 Å². The number of fused-ring (bicyclic) bond motifs is 1. The van der Waals surface area contributed by atoms with Gasteiger partial charge in [0.1, 0.15) is 5.75 Å². The minimum atomic E-state index is -3.30. The predicted octanol–water partition coefficient (Wildman–Crippen LogP) is 7.87. The molecular formula is C31H37O4P. The monoisotopic (exact) mass is 504 g/mol. The van der Waals surface area contributed by atoms with E-state index in [2.05, 4.69) is 36.4 Å². The van der Waals surface area contributed by atoms with Gasteiger partial charge in [-0.1, -0.05) is 24.3 Å². The molecule has 0 unspecified atom stereocenters. The van der Waals surface area contributed by atoms with Gasteiger partial charge in [0.2, 0.25) is 0 Å². The molecule has 0 aliphatic heterocycles. The van der Waals surface area contributed by atoms with Gasteiger partial charge in [0, 0.05) is 5.56 Å². The molecule has 0 heterocycles. The largest absolute Gasteiger partial charge is 0.496 e. The van der Waals surface area contributed by atoms with E-state index in [-0.39, 0.29) is 5.41 Å². The maximum Gasteiger partial charge on any atom is 0.361 e. The van der Waals surface area contributed by atoms with Gasteiger partial charge in [-0.3, -0.25) is 4.57 Å². The summed E-state index contributed by atoms with van der Waals surface area (Å²) in [6.07, 6.45) is 8.27. The van der Waals surface area contributed by atoms with Gasteiger partial charge in [0.25, 0.3) is 0 Å². The third-order valence-corrected chi connectivity index (χ3v) is 11.0. The van der Waals surface area contributed by atoms with Crippen LogP contribution in [0.5, 0.6) is 5.75 Å². The highest BCUT2D eigenvalue weighted by Gasteiger charge is 2.52. The number of rotatable bonds is 8. The van der Waals surface area contributed by atoms with Crippen LogP contribution in [0.2, 0.25) is 0 Å². The van der Waals surface area contributed by atoms with Gasteiger partial charge >= 0.3 is 7.60 Å². The molecule has 0 atom stereocenters. The zero-order valence-corrected chi connectivity index (χ0v) is 22.6. The van der Waals surface area contributed by atoms with E-state index in [1.165, 1.54) is 55.2 Å². The van der Waals surface area contributed by atoms with E-state index in [9.17, 15) is 4.57 Å². The predicted molar refractivity (Wildman–Crippen MR) is 146 cm³/mol. The van der Waals surface area contributed by atoms with Crippen LogP contribution < -0.4 is 10.0 Å². The molecule has 5 heteroatoms. The number of hydrogen-bond donors (Lipinski definition) is 0. The van der Waals surface area contributed by atoms with Crippen molar-refractivity contribution in [3.05, 3.63) is 60.2 Å². The van der Waals surface area contributed by atoms with E-state index < -0.39 is 7.60 Å². The van der Waals surface area contributed by atoms with Crippen molar-refractivity contribution < 1.29 is 18.3 Å². The summed E-state index contributed by atoms with van der Waals surface area (Å²) in [5.41, 5.74) is 4.14. The lowest BCUT2D eigenvalue weighted by molar-refractivity contribution is -0.00613. The maximum absolute atomic E-state index is 13.3. The van der Waals surface area contributed by atoms with Crippen molar-refractivity contribution in [2.75, 3.05) is 20.3 Å². The zero-order valence-electron chi connectivity index (χ0n) is 21.7. The van der Waals surface area contributed by atoms with Crippen LogP contribution in [-0.4, -0.2) is 20.3 Å². The van der Waals surface area contributed by atoms with Crippen LogP contribution in [0.4, 0.5) is 0 Å². The maximum atomic E-state index is 13.3. The Hall–Kier alpha value is -2.13. The Morgan fingerprint density at radius 1 is 0.778 bits per heavy atom. The Balaban J connectivity index is 1.37. The number of benzene rings is 3. The first-order valence-electron chi connectivity index (χ1n) is 13.6. The molecule has 190 valence electrons. The Bertz CT molecular complexity index is 1280. The Morgan fingerprint density at radius 2 is 1.33 bits per heavy atom. The van der Waals surface area contributed by atoms with Gasteiger partial charge in [-0.05, 0) is 128 Å². The molecule has 0 N–H and O–H groups in total. The molecular weight excluding hydrogens is 467 g/mol. The molecule has 0 aromatic heterocycles. The average Bonchev–Trinajstić information content (AvgIpc) is 2.87. The highest BCUT2D eigenvalue weighted by Crippen LogP contribution is 2.62. The quantitative estimate of drug-likeness (QED) is 0.293. The topological polar surface area (TPSA) is 44.8 Å². The summed E-state index contributed by atoms with van der Waals surface area (Å²) < 4.78 is 30.3. The van der Waals surface area contributed by atoms with E-state index >= 15 is 0 Å². The molecule has 4 fully saturated rings. The van der Waals surface area contributed by atoms with E-state index in [1.54, 1.807) is 0 Å². The Labute approximate surface area is 214 Å². The second kappa shape index (κ2) is 9.31. The smallest absolute Gasteiger partial charge is 0.361 e. The summed E-state index contributed by atoms with van der Waals surface area (Å²) >= 11 is 0. The lowest BCUT2D eigenvalue weighted by atomic mass is 9.48. The van der Waals surface area contributed by atoms with Crippen molar-refractivity contribution in [1.29, 1.82) is 0 Å². The third kappa shape index (κ3) is 4.12. The van der Waals surface area contributed by atoms with Gasteiger partial charge in [0.15, 0.2) is 0 Å². The van der Waals surface area contributed by atoms with Crippen LogP contribution >= 0.6 is 7.60 Å². The molecule has 0 radical (unpaired) electrons. The standard InChI is InChI=1S/C31H37O4P/c1-4-34-36(32,35-5-2)28-10-8-25-15-24(6-7-26(25)16-28)27-9-11-30(33-3)29(17-27)31-18-21-12-22(19-31)14-23(13-21)20-31/h6-11,15-17,21-23H,4-5,12-14,18-20H2,1-3H3. The van der Waals surface area contributed by atoms with E-state index in [1.807, 2.05) is 39.2 Å². The van der Waals surface area contributed by atoms with Gasteiger partial charge in [-0.2, -0.15) is 0 Å². The lowest BCUT2D eigenvalue weighted by Gasteiger charge is -2.57. The highest BCUT2D eigenvalue weighted by atomic mass is 31.2. The van der Waals surface area contributed by atoms with Gasteiger partial charge < -0.3 is 13.8 Å². The molecule has 4 bridgehead atoms. The number of ether oxygens (including phenoxy) is 1. The molecule has 4 aliphatic rings. The zero-order chi connectivity index (χ0) is 24.9. The van der Waals surface area contributed by atoms with Crippen molar-refractivity contribution in [2.24, 2.45) is 17.8 Å². The van der Waals surface area contributed by atoms with Crippen LogP contribution in [0.15, 0.2) is 54.6 Å². The molecule has 7 rings (SSSR count). The number of hydrogen-bond acceptors (Lipinski definition) is 4. The second-order valence-electron chi connectivity index (χ2n) is 11.2. The normalized spacial score (nSPS) is 27.0. The summed E-state index contributed by atoms with van der Waals surface area (Å²) in [6.45, 7) is 4.37. The Morgan fingerprint density at radius 3 is 1.94 bits per heavy atom. The van der Waals surface area contributed by atoms with Crippen molar-refractivity contribution in [2.45, 2.75) is 57.8 Å². The fourth-order valence-corrected chi connectivity index (χ4v) is 9.46. The summed E-state index contributed by atoms with van der Waals surface area (Å²) in [6, 6.07) is 19.2. The minimum absolute atomic E-state index is 0.279. The summed E-state index contributed by atoms with van der Waals surface area (Å²) in [5, 5.41) is 2.76. The first kappa shape index (κ1) is 24.2. The van der Waals surface area contributed by atoms with Crippen LogP contribution in [0.25, 0.3) is 21.9 Å². The fourth-order valence-electron chi connectivity index (χ4n) is 7.85. The molecule has 36 heavy (non-hydrogen) atoms. The summed E-state index contributed by atoms with van der Waals surface area (Å²) in [5.74, 6) is 3.73. The third-order valence-electron chi connectivity index (χ3n) is 8.88. The van der Waals surface area contributed by atoms with Gasteiger partial charge in [0.05, 0.1) is 25.6 Å². The molecule has 4 nitrogen and oxygen atoms in total. The summed E-state index contributed by atoms with van der Waals surface area (Å²) in [7, 11) is -1.49. The molecule has 3 aromatic carbocycles. The van der Waals surface area contributed by atoms with E-state index in [4.69, 9.17) is 13.8 Å². The number of methoxy groups -OCH3 is 1. The van der Waals surface area contributed by atoms with Crippen LogP contribution in [0, 0.1) is 17.8 Å². The van der Waals surface area contributed by atoms with Crippen LogP contribution in [0.3, 0.4) is 0 Å². The first-order chi connectivity index (χ1) is 17.4. The second-order valence-corrected chi connectivity index (χ2v) is 13.2. The van der Waals surface area contributed by atoms with Crippen molar-refractivity contribution in [3.63, 3.8) is 0 Å². The fraction of sp³-hybridized carbons (Fsp3) is 0.484. The average molecular weight is 505 g/mol. The molecule has 0 spiro atoms. The minimum Gasteiger partial charge on any atom is -0.496 e.